The summed E-state index contributed by atoms with van der Waals surface area (Å²) in [6, 6.07) is 4.25. The van der Waals surface area contributed by atoms with Crippen LogP contribution in [0.25, 0.3) is 0 Å². The van der Waals surface area contributed by atoms with Crippen LogP contribution in [0, 0.1) is 6.92 Å². The van der Waals surface area contributed by atoms with E-state index in [1.165, 1.54) is 5.56 Å². The molecule has 130 valence electrons. The Hall–Kier alpha value is -1.10. The summed E-state index contributed by atoms with van der Waals surface area (Å²) in [5.74, 6) is 1.35. The summed E-state index contributed by atoms with van der Waals surface area (Å²) in [4.78, 5) is 2.33. The Balaban J connectivity index is 2.18. The van der Waals surface area contributed by atoms with Crippen molar-refractivity contribution in [2.45, 2.75) is 46.1 Å². The van der Waals surface area contributed by atoms with Gasteiger partial charge in [0.15, 0.2) is 0 Å². The van der Waals surface area contributed by atoms with E-state index < -0.39 is 6.10 Å². The molecule has 1 aromatic rings. The number of rotatable bonds is 7. The molecule has 1 fully saturated rings. The molecule has 0 bridgehead atoms. The molecule has 2 rings (SSSR count). The summed E-state index contributed by atoms with van der Waals surface area (Å²) >= 11 is 0. The van der Waals surface area contributed by atoms with E-state index in [1.807, 2.05) is 0 Å². The lowest BCUT2D eigenvalue weighted by Gasteiger charge is -2.30. The first-order chi connectivity index (χ1) is 11.0. The minimum Gasteiger partial charge on any atom is -0.493 e. The smallest absolute Gasteiger partial charge is 0.123 e. The van der Waals surface area contributed by atoms with Gasteiger partial charge in [-0.25, -0.2) is 0 Å². The standard InChI is InChI=1S/C19H32N2O2/c1-5-10-23-19-11-15(4)17(12-16(19)14(2)3)18(22)13-21-8-6-20-7-9-21/h11-12,14,18,20,22H,5-10,13H2,1-4H3. The van der Waals surface area contributed by atoms with E-state index in [9.17, 15) is 5.11 Å². The number of aliphatic hydroxyl groups excluding tert-OH is 1. The number of benzene rings is 1. The SMILES string of the molecule is CCCOc1cc(C)c(C(O)CN2CCNCC2)cc1C(C)C. The van der Waals surface area contributed by atoms with Gasteiger partial charge in [0.25, 0.3) is 0 Å². The first-order valence-electron chi connectivity index (χ1n) is 8.91. The van der Waals surface area contributed by atoms with Crippen LogP contribution in [0.3, 0.4) is 0 Å². The molecule has 1 heterocycles. The number of piperazine rings is 1. The van der Waals surface area contributed by atoms with E-state index in [1.54, 1.807) is 0 Å². The van der Waals surface area contributed by atoms with E-state index in [4.69, 9.17) is 4.74 Å². The molecule has 1 unspecified atom stereocenters. The van der Waals surface area contributed by atoms with Gasteiger partial charge in [-0.3, -0.25) is 4.90 Å². The number of hydrogen-bond donors (Lipinski definition) is 2. The van der Waals surface area contributed by atoms with Crippen molar-refractivity contribution < 1.29 is 9.84 Å². The Labute approximate surface area is 140 Å². The second-order valence-corrected chi connectivity index (χ2v) is 6.82. The molecule has 0 aliphatic carbocycles. The molecule has 1 aliphatic heterocycles. The van der Waals surface area contributed by atoms with Gasteiger partial charge in [-0.15, -0.1) is 0 Å². The largest absolute Gasteiger partial charge is 0.493 e. The molecule has 23 heavy (non-hydrogen) atoms. The number of aryl methyl sites for hydroxylation is 1. The average Bonchev–Trinajstić information content (AvgIpc) is 2.53. The maximum Gasteiger partial charge on any atom is 0.123 e. The fourth-order valence-corrected chi connectivity index (χ4v) is 3.10. The molecule has 0 aromatic heterocycles. The van der Waals surface area contributed by atoms with Crippen molar-refractivity contribution in [1.29, 1.82) is 0 Å². The van der Waals surface area contributed by atoms with E-state index in [0.717, 1.165) is 56.1 Å². The third-order valence-corrected chi connectivity index (χ3v) is 4.48. The van der Waals surface area contributed by atoms with Crippen LogP contribution >= 0.6 is 0 Å². The quantitative estimate of drug-likeness (QED) is 0.811. The highest BCUT2D eigenvalue weighted by atomic mass is 16.5. The zero-order valence-corrected chi connectivity index (χ0v) is 15.1. The lowest BCUT2D eigenvalue weighted by Crippen LogP contribution is -2.45. The van der Waals surface area contributed by atoms with Crippen LogP contribution in [0.15, 0.2) is 12.1 Å². The Kier molecular flexibility index (Phi) is 6.88. The predicted molar refractivity (Wildman–Crippen MR) is 95.3 cm³/mol. The second-order valence-electron chi connectivity index (χ2n) is 6.82. The highest BCUT2D eigenvalue weighted by molar-refractivity contribution is 5.45. The van der Waals surface area contributed by atoms with E-state index >= 15 is 0 Å². The van der Waals surface area contributed by atoms with Crippen LogP contribution in [0.5, 0.6) is 5.75 Å². The van der Waals surface area contributed by atoms with Gasteiger partial charge < -0.3 is 15.2 Å². The molecule has 2 N–H and O–H groups in total. The summed E-state index contributed by atoms with van der Waals surface area (Å²) < 4.78 is 5.91. The van der Waals surface area contributed by atoms with E-state index in [2.05, 4.69) is 50.0 Å². The van der Waals surface area contributed by atoms with Gasteiger partial charge in [0.05, 0.1) is 12.7 Å². The monoisotopic (exact) mass is 320 g/mol. The van der Waals surface area contributed by atoms with Gasteiger partial charge in [-0.2, -0.15) is 0 Å². The first kappa shape index (κ1) is 18.2. The molecule has 0 spiro atoms. The number of hydrogen-bond acceptors (Lipinski definition) is 4. The fourth-order valence-electron chi connectivity index (χ4n) is 3.10. The number of aliphatic hydroxyl groups is 1. The lowest BCUT2D eigenvalue weighted by molar-refractivity contribution is 0.105. The third kappa shape index (κ3) is 4.93. The Morgan fingerprint density at radius 1 is 1.22 bits per heavy atom. The van der Waals surface area contributed by atoms with Crippen LogP contribution in [0.1, 0.15) is 55.9 Å². The van der Waals surface area contributed by atoms with Gasteiger partial charge in [0, 0.05) is 32.7 Å². The normalized spacial score (nSPS) is 17.5. The number of ether oxygens (including phenoxy) is 1. The second kappa shape index (κ2) is 8.67. The van der Waals surface area contributed by atoms with Gasteiger partial charge in [-0.1, -0.05) is 20.8 Å². The van der Waals surface area contributed by atoms with Crippen LogP contribution in [0.2, 0.25) is 0 Å². The Bertz CT molecular complexity index is 496. The van der Waals surface area contributed by atoms with Gasteiger partial charge in [-0.05, 0) is 48.1 Å². The molecule has 1 atom stereocenters. The molecule has 1 saturated heterocycles. The summed E-state index contributed by atoms with van der Waals surface area (Å²) in [5.41, 5.74) is 3.35. The van der Waals surface area contributed by atoms with Crippen molar-refractivity contribution in [1.82, 2.24) is 10.2 Å². The van der Waals surface area contributed by atoms with Crippen molar-refractivity contribution in [3.05, 3.63) is 28.8 Å². The molecular formula is C19H32N2O2. The van der Waals surface area contributed by atoms with Crippen molar-refractivity contribution in [3.8, 4) is 5.75 Å². The van der Waals surface area contributed by atoms with Crippen molar-refractivity contribution >= 4 is 0 Å². The zero-order chi connectivity index (χ0) is 16.8. The predicted octanol–water partition coefficient (Wildman–Crippen LogP) is 2.85. The summed E-state index contributed by atoms with van der Waals surface area (Å²) in [5, 5.41) is 14.1. The topological polar surface area (TPSA) is 44.7 Å². The molecule has 4 heteroatoms. The van der Waals surface area contributed by atoms with Crippen molar-refractivity contribution in [3.63, 3.8) is 0 Å². The Morgan fingerprint density at radius 2 is 1.91 bits per heavy atom. The minimum absolute atomic E-state index is 0.382. The molecule has 1 aromatic carbocycles. The first-order valence-corrected chi connectivity index (χ1v) is 8.91. The highest BCUT2D eigenvalue weighted by Gasteiger charge is 2.20. The highest BCUT2D eigenvalue weighted by Crippen LogP contribution is 2.32. The molecule has 0 radical (unpaired) electrons. The molecule has 1 aliphatic rings. The number of β-amino-alcohol motifs (C(OH)–C–C–N with tert-alkyl or cyclic N) is 1. The van der Waals surface area contributed by atoms with E-state index in [0.29, 0.717) is 12.5 Å². The minimum atomic E-state index is -0.439. The number of nitrogens with zero attached hydrogens (tertiary/aromatic N) is 1. The summed E-state index contributed by atoms with van der Waals surface area (Å²) in [6.45, 7) is 14.0. The van der Waals surface area contributed by atoms with Gasteiger partial charge in [0.1, 0.15) is 5.75 Å². The lowest BCUT2D eigenvalue weighted by atomic mass is 9.93. The van der Waals surface area contributed by atoms with Crippen LogP contribution in [-0.2, 0) is 0 Å². The fraction of sp³-hybridized carbons (Fsp3) is 0.684. The van der Waals surface area contributed by atoms with Crippen LogP contribution in [0.4, 0.5) is 0 Å². The molecular weight excluding hydrogens is 288 g/mol. The summed E-state index contributed by atoms with van der Waals surface area (Å²) in [7, 11) is 0. The van der Waals surface area contributed by atoms with Crippen LogP contribution in [-0.4, -0.2) is 49.3 Å². The van der Waals surface area contributed by atoms with Gasteiger partial charge in [0.2, 0.25) is 0 Å². The molecule has 4 nitrogen and oxygen atoms in total. The number of nitrogens with one attached hydrogen (secondary N) is 1. The summed E-state index contributed by atoms with van der Waals surface area (Å²) in [6.07, 6.45) is 0.565. The molecule has 0 amide bonds. The van der Waals surface area contributed by atoms with Crippen molar-refractivity contribution in [2.75, 3.05) is 39.3 Å². The van der Waals surface area contributed by atoms with Crippen molar-refractivity contribution in [2.24, 2.45) is 0 Å². The average molecular weight is 320 g/mol. The van der Waals surface area contributed by atoms with Crippen LogP contribution < -0.4 is 10.1 Å². The maximum absolute atomic E-state index is 10.7. The molecule has 0 saturated carbocycles. The van der Waals surface area contributed by atoms with Gasteiger partial charge >= 0.3 is 0 Å². The third-order valence-electron chi connectivity index (χ3n) is 4.48. The zero-order valence-electron chi connectivity index (χ0n) is 15.1. The Morgan fingerprint density at radius 3 is 2.52 bits per heavy atom. The maximum atomic E-state index is 10.7. The van der Waals surface area contributed by atoms with E-state index in [-0.39, 0.29) is 0 Å².